The first-order valence-electron chi connectivity index (χ1n) is 11.2. The lowest BCUT2D eigenvalue weighted by molar-refractivity contribution is 0.217. The summed E-state index contributed by atoms with van der Waals surface area (Å²) in [6.45, 7) is 5.65. The van der Waals surface area contributed by atoms with Crippen LogP contribution in [0.15, 0.2) is 78.5 Å². The largest absolute Gasteiger partial charge is 0.384 e. The minimum absolute atomic E-state index is 0.808. The molecule has 6 nitrogen and oxygen atoms in total. The first-order valence-corrected chi connectivity index (χ1v) is 11.2. The molecule has 3 aromatic carbocycles. The van der Waals surface area contributed by atoms with Gasteiger partial charge >= 0.3 is 0 Å². The maximum atomic E-state index is 3.68. The topological polar surface area (TPSA) is 63.4 Å². The molecule has 0 amide bonds. The van der Waals surface area contributed by atoms with Crippen molar-refractivity contribution in [1.82, 2.24) is 16.0 Å². The molecule has 0 atom stereocenters. The van der Waals surface area contributed by atoms with Gasteiger partial charge in [-0.1, -0.05) is 42.5 Å². The Balaban J connectivity index is 1.42. The highest BCUT2D eigenvalue weighted by Gasteiger charge is 2.17. The van der Waals surface area contributed by atoms with Gasteiger partial charge in [0.05, 0.1) is 6.54 Å². The third kappa shape index (κ3) is 4.56. The molecule has 164 valence electrons. The van der Waals surface area contributed by atoms with E-state index in [0.717, 1.165) is 49.7 Å². The van der Waals surface area contributed by atoms with Crippen LogP contribution in [0, 0.1) is 0 Å². The highest BCUT2D eigenvalue weighted by atomic mass is 15.7. The van der Waals surface area contributed by atoms with Gasteiger partial charge in [0.15, 0.2) is 0 Å². The van der Waals surface area contributed by atoms with Crippen molar-refractivity contribution in [3.05, 3.63) is 84.1 Å². The average molecular weight is 427 g/mol. The first kappa shape index (κ1) is 20.4. The van der Waals surface area contributed by atoms with Crippen LogP contribution in [0.5, 0.6) is 0 Å². The van der Waals surface area contributed by atoms with Gasteiger partial charge < -0.3 is 21.0 Å². The van der Waals surface area contributed by atoms with Crippen LogP contribution in [0.4, 0.5) is 22.7 Å². The second kappa shape index (κ2) is 9.34. The molecule has 0 saturated heterocycles. The fourth-order valence-electron chi connectivity index (χ4n) is 4.31. The van der Waals surface area contributed by atoms with E-state index in [2.05, 4.69) is 93.6 Å². The van der Waals surface area contributed by atoms with Crippen LogP contribution in [0.25, 0.3) is 11.1 Å². The number of nitrogens with zero attached hydrogens (tertiary/aromatic N) is 1. The maximum Gasteiger partial charge on any atom is 0.0524 e. The molecule has 2 aliphatic rings. The van der Waals surface area contributed by atoms with Crippen molar-refractivity contribution in [2.75, 3.05) is 42.1 Å². The van der Waals surface area contributed by atoms with Crippen LogP contribution in [-0.2, 0) is 6.42 Å². The summed E-state index contributed by atoms with van der Waals surface area (Å²) < 4.78 is 0. The van der Waals surface area contributed by atoms with Gasteiger partial charge in [0, 0.05) is 59.7 Å². The molecule has 0 aromatic heterocycles. The summed E-state index contributed by atoms with van der Waals surface area (Å²) in [7, 11) is 0. The van der Waals surface area contributed by atoms with Crippen molar-refractivity contribution in [3.63, 3.8) is 0 Å². The number of hydrogen-bond acceptors (Lipinski definition) is 6. The van der Waals surface area contributed by atoms with Crippen LogP contribution in [-0.4, -0.2) is 31.2 Å². The Kier molecular flexibility index (Phi) is 5.96. The summed E-state index contributed by atoms with van der Waals surface area (Å²) >= 11 is 0. The Morgan fingerprint density at radius 1 is 0.938 bits per heavy atom. The van der Waals surface area contributed by atoms with Gasteiger partial charge in [-0.05, 0) is 48.7 Å². The second-order valence-electron chi connectivity index (χ2n) is 8.33. The van der Waals surface area contributed by atoms with Gasteiger partial charge in [0.25, 0.3) is 0 Å². The Labute approximate surface area is 189 Å². The molecular formula is C26H30N6. The molecular weight excluding hydrogens is 396 g/mol. The predicted octanol–water partition coefficient (Wildman–Crippen LogP) is 4.71. The molecule has 2 aliphatic heterocycles. The van der Waals surface area contributed by atoms with Gasteiger partial charge in [-0.3, -0.25) is 0 Å². The molecule has 2 heterocycles. The van der Waals surface area contributed by atoms with E-state index in [0.29, 0.717) is 0 Å². The van der Waals surface area contributed by atoms with Crippen LogP contribution in [0.1, 0.15) is 12.5 Å². The average Bonchev–Trinajstić information content (AvgIpc) is 3.29. The summed E-state index contributed by atoms with van der Waals surface area (Å²) in [6.07, 6.45) is 3.24. The zero-order valence-electron chi connectivity index (χ0n) is 18.4. The molecule has 5 rings (SSSR count). The van der Waals surface area contributed by atoms with Crippen LogP contribution >= 0.6 is 0 Å². The van der Waals surface area contributed by atoms with E-state index in [-0.39, 0.29) is 0 Å². The third-order valence-electron chi connectivity index (χ3n) is 5.85. The molecule has 0 radical (unpaired) electrons. The molecule has 3 aromatic rings. The van der Waals surface area contributed by atoms with Crippen molar-refractivity contribution in [2.24, 2.45) is 0 Å². The van der Waals surface area contributed by atoms with E-state index < -0.39 is 0 Å². The first-order chi connectivity index (χ1) is 15.8. The van der Waals surface area contributed by atoms with Gasteiger partial charge in [0.1, 0.15) is 0 Å². The second-order valence-corrected chi connectivity index (χ2v) is 8.33. The molecule has 32 heavy (non-hydrogen) atoms. The van der Waals surface area contributed by atoms with Crippen molar-refractivity contribution in [3.8, 4) is 11.1 Å². The summed E-state index contributed by atoms with van der Waals surface area (Å²) in [5, 5.41) is 12.9. The Morgan fingerprint density at radius 3 is 2.72 bits per heavy atom. The molecule has 0 fully saturated rings. The van der Waals surface area contributed by atoms with Gasteiger partial charge in [-0.2, -0.15) is 5.53 Å². The number of anilines is 4. The Hall–Kier alpha value is -3.48. The number of hydrazine groups is 2. The minimum atomic E-state index is 0.808. The smallest absolute Gasteiger partial charge is 0.0524 e. The lowest BCUT2D eigenvalue weighted by atomic mass is 9.98. The number of hydrogen-bond donors (Lipinski definition) is 5. The molecule has 0 saturated carbocycles. The maximum absolute atomic E-state index is 3.68. The SMILES string of the molecule is CC1=CN(CCNc2cc(Nc3ccccc3)ccc2-c2cccc3c2NCC3)NNC1. The Morgan fingerprint density at radius 2 is 1.84 bits per heavy atom. The number of fused-ring (bicyclic) bond motifs is 1. The number of nitrogens with one attached hydrogen (secondary N) is 5. The highest BCUT2D eigenvalue weighted by molar-refractivity contribution is 5.90. The van der Waals surface area contributed by atoms with Crippen molar-refractivity contribution in [2.45, 2.75) is 13.3 Å². The van der Waals surface area contributed by atoms with E-state index in [4.69, 9.17) is 0 Å². The van der Waals surface area contributed by atoms with Crippen molar-refractivity contribution in [1.29, 1.82) is 0 Å². The fourth-order valence-corrected chi connectivity index (χ4v) is 4.31. The fraction of sp³-hybridized carbons (Fsp3) is 0.231. The molecule has 5 N–H and O–H groups in total. The quantitative estimate of drug-likeness (QED) is 0.377. The molecule has 6 heteroatoms. The number of para-hydroxylation sites is 2. The van der Waals surface area contributed by atoms with E-state index in [1.54, 1.807) is 0 Å². The molecule has 0 bridgehead atoms. The standard InChI is InChI=1S/C26H30N6/c1-19-17-29-31-32(18-19)15-14-27-25-16-22(30-21-7-3-2-4-8-21)10-11-23(25)24-9-5-6-20-12-13-28-26(20)24/h2-11,16,18,27-31H,12-15,17H2,1H3. The van der Waals surface area contributed by atoms with Gasteiger partial charge in [0.2, 0.25) is 0 Å². The summed E-state index contributed by atoms with van der Waals surface area (Å²) in [5.74, 6) is 0. The zero-order chi connectivity index (χ0) is 21.8. The van der Waals surface area contributed by atoms with E-state index in [1.807, 2.05) is 18.2 Å². The zero-order valence-corrected chi connectivity index (χ0v) is 18.4. The summed E-state index contributed by atoms with van der Waals surface area (Å²) in [4.78, 5) is 0. The van der Waals surface area contributed by atoms with E-state index in [9.17, 15) is 0 Å². The lowest BCUT2D eigenvalue weighted by Crippen LogP contribution is -2.49. The van der Waals surface area contributed by atoms with Crippen LogP contribution in [0.2, 0.25) is 0 Å². The lowest BCUT2D eigenvalue weighted by Gasteiger charge is -2.27. The monoisotopic (exact) mass is 426 g/mol. The molecule has 0 unspecified atom stereocenters. The normalized spacial score (nSPS) is 15.0. The van der Waals surface area contributed by atoms with Crippen molar-refractivity contribution < 1.29 is 0 Å². The highest BCUT2D eigenvalue weighted by Crippen LogP contribution is 2.39. The van der Waals surface area contributed by atoms with Gasteiger partial charge in [-0.25, -0.2) is 5.43 Å². The van der Waals surface area contributed by atoms with Crippen LogP contribution in [0.3, 0.4) is 0 Å². The molecule has 0 aliphatic carbocycles. The molecule has 0 spiro atoms. The summed E-state index contributed by atoms with van der Waals surface area (Å²) in [5.41, 5.74) is 16.1. The number of benzene rings is 3. The number of rotatable bonds is 7. The van der Waals surface area contributed by atoms with E-state index >= 15 is 0 Å². The van der Waals surface area contributed by atoms with Crippen LogP contribution < -0.4 is 26.9 Å². The Bertz CT molecular complexity index is 1110. The minimum Gasteiger partial charge on any atom is -0.384 e. The van der Waals surface area contributed by atoms with E-state index in [1.165, 1.54) is 28.0 Å². The van der Waals surface area contributed by atoms with Gasteiger partial charge in [-0.15, -0.1) is 0 Å². The predicted molar refractivity (Wildman–Crippen MR) is 134 cm³/mol. The third-order valence-corrected chi connectivity index (χ3v) is 5.85. The van der Waals surface area contributed by atoms with Crippen molar-refractivity contribution >= 4 is 22.7 Å². The summed E-state index contributed by atoms with van der Waals surface area (Å²) in [6, 6.07) is 23.5.